The molecule has 146 valence electrons. The molecule has 2 rings (SSSR count). The van der Waals surface area contributed by atoms with Gasteiger partial charge in [0.1, 0.15) is 5.76 Å². The lowest BCUT2D eigenvalue weighted by molar-refractivity contribution is -0.123. The molecular weight excluding hydrogens is 372 g/mol. The number of benzene rings is 1. The smallest absolute Gasteiger partial charge is 0.375 e. The van der Waals surface area contributed by atoms with Crippen LogP contribution in [0.5, 0.6) is 0 Å². The van der Waals surface area contributed by atoms with Crippen molar-refractivity contribution in [2.24, 2.45) is 0 Å². The van der Waals surface area contributed by atoms with Gasteiger partial charge in [-0.25, -0.2) is 17.9 Å². The summed E-state index contributed by atoms with van der Waals surface area (Å²) in [7, 11) is -3.61. The number of anilines is 1. The minimum absolute atomic E-state index is 0.0133. The number of amides is 1. The van der Waals surface area contributed by atoms with Crippen LogP contribution < -0.4 is 10.0 Å². The molecule has 0 radical (unpaired) electrons. The fraction of sp³-hybridized carbons (Fsp3) is 0.333. The van der Waals surface area contributed by atoms with Crippen LogP contribution in [0.25, 0.3) is 0 Å². The van der Waals surface area contributed by atoms with Crippen LogP contribution in [0.4, 0.5) is 5.69 Å². The van der Waals surface area contributed by atoms with Gasteiger partial charge in [-0.2, -0.15) is 0 Å². The van der Waals surface area contributed by atoms with Gasteiger partial charge >= 0.3 is 5.97 Å². The minimum atomic E-state index is -3.61. The zero-order valence-corrected chi connectivity index (χ0v) is 16.3. The molecule has 1 atom stereocenters. The zero-order chi connectivity index (χ0) is 20.2. The first kappa shape index (κ1) is 20.7. The molecule has 0 saturated heterocycles. The van der Waals surface area contributed by atoms with Crippen molar-refractivity contribution in [3.05, 3.63) is 47.9 Å². The number of ether oxygens (including phenoxy) is 1. The molecule has 9 heteroatoms. The molecule has 1 unspecified atom stereocenters. The summed E-state index contributed by atoms with van der Waals surface area (Å²) >= 11 is 0. The van der Waals surface area contributed by atoms with Gasteiger partial charge in [-0.1, -0.05) is 0 Å². The SMILES string of the molecule is Cc1ccc(C(=O)OC(C)C(=O)Nc2ccc(S(=O)(=O)NC(C)C)cc2)o1. The number of hydrogen-bond acceptors (Lipinski definition) is 6. The highest BCUT2D eigenvalue weighted by Crippen LogP contribution is 2.15. The number of furan rings is 1. The van der Waals surface area contributed by atoms with Crippen LogP contribution in [-0.2, 0) is 19.6 Å². The quantitative estimate of drug-likeness (QED) is 0.697. The summed E-state index contributed by atoms with van der Waals surface area (Å²) in [5.74, 6) is -0.727. The topological polar surface area (TPSA) is 115 Å². The molecule has 1 aromatic heterocycles. The molecule has 0 spiro atoms. The van der Waals surface area contributed by atoms with Gasteiger partial charge in [0.2, 0.25) is 15.8 Å². The molecule has 27 heavy (non-hydrogen) atoms. The van der Waals surface area contributed by atoms with Gasteiger partial charge in [0.25, 0.3) is 5.91 Å². The largest absolute Gasteiger partial charge is 0.454 e. The third-order valence-electron chi connectivity index (χ3n) is 3.42. The Morgan fingerprint density at radius 2 is 1.67 bits per heavy atom. The molecule has 2 N–H and O–H groups in total. The molecule has 8 nitrogen and oxygen atoms in total. The molecule has 0 aliphatic heterocycles. The van der Waals surface area contributed by atoms with Crippen LogP contribution >= 0.6 is 0 Å². The van der Waals surface area contributed by atoms with Crippen molar-refractivity contribution < 1.29 is 27.2 Å². The van der Waals surface area contributed by atoms with E-state index in [9.17, 15) is 18.0 Å². The fourth-order valence-electron chi connectivity index (χ4n) is 2.16. The summed E-state index contributed by atoms with van der Waals surface area (Å²) in [6.07, 6.45) is -1.06. The van der Waals surface area contributed by atoms with E-state index in [1.807, 2.05) is 0 Å². The Morgan fingerprint density at radius 3 is 2.19 bits per heavy atom. The highest BCUT2D eigenvalue weighted by atomic mass is 32.2. The maximum absolute atomic E-state index is 12.2. The Kier molecular flexibility index (Phi) is 6.40. The fourth-order valence-corrected chi connectivity index (χ4v) is 3.41. The second kappa shape index (κ2) is 8.36. The number of nitrogens with one attached hydrogen (secondary N) is 2. The molecular formula is C18H22N2O6S. The van der Waals surface area contributed by atoms with Gasteiger partial charge < -0.3 is 14.5 Å². The van der Waals surface area contributed by atoms with E-state index in [-0.39, 0.29) is 16.7 Å². The van der Waals surface area contributed by atoms with E-state index in [0.717, 1.165) is 0 Å². The number of hydrogen-bond donors (Lipinski definition) is 2. The van der Waals surface area contributed by atoms with E-state index >= 15 is 0 Å². The van der Waals surface area contributed by atoms with Crippen LogP contribution in [0, 0.1) is 6.92 Å². The molecule has 1 heterocycles. The molecule has 2 aromatic rings. The summed E-state index contributed by atoms with van der Waals surface area (Å²) in [4.78, 5) is 24.1. The molecule has 0 bridgehead atoms. The predicted molar refractivity (Wildman–Crippen MR) is 98.9 cm³/mol. The van der Waals surface area contributed by atoms with Crippen LogP contribution in [0.3, 0.4) is 0 Å². The zero-order valence-electron chi connectivity index (χ0n) is 15.5. The van der Waals surface area contributed by atoms with Gasteiger partial charge in [0, 0.05) is 11.7 Å². The number of sulfonamides is 1. The van der Waals surface area contributed by atoms with Crippen LogP contribution in [0.15, 0.2) is 45.7 Å². The average molecular weight is 394 g/mol. The average Bonchev–Trinajstić information content (AvgIpc) is 3.00. The van der Waals surface area contributed by atoms with Crippen molar-refractivity contribution in [3.63, 3.8) is 0 Å². The number of esters is 1. The van der Waals surface area contributed by atoms with Crippen LogP contribution in [-0.4, -0.2) is 32.4 Å². The van der Waals surface area contributed by atoms with Crippen LogP contribution in [0.2, 0.25) is 0 Å². The standard InChI is InChI=1S/C18H22N2O6S/c1-11(2)20-27(23,24)15-8-6-14(7-9-15)19-17(21)13(4)26-18(22)16-10-5-12(3)25-16/h5-11,13,20H,1-4H3,(H,19,21). The first-order valence-electron chi connectivity index (χ1n) is 8.29. The van der Waals surface area contributed by atoms with Gasteiger partial charge in [0.05, 0.1) is 4.90 Å². The van der Waals surface area contributed by atoms with E-state index in [2.05, 4.69) is 10.0 Å². The van der Waals surface area contributed by atoms with Gasteiger partial charge in [-0.05, 0) is 64.1 Å². The number of carbonyl (C=O) groups is 2. The lowest BCUT2D eigenvalue weighted by atomic mass is 10.3. The Labute approximate surface area is 157 Å². The lowest BCUT2D eigenvalue weighted by Crippen LogP contribution is -2.30. The van der Waals surface area contributed by atoms with Crippen molar-refractivity contribution >= 4 is 27.6 Å². The molecule has 0 aliphatic rings. The van der Waals surface area contributed by atoms with E-state index in [0.29, 0.717) is 11.4 Å². The first-order chi connectivity index (χ1) is 12.6. The highest BCUT2D eigenvalue weighted by Gasteiger charge is 2.21. The Hall–Kier alpha value is -2.65. The van der Waals surface area contributed by atoms with Gasteiger partial charge in [0.15, 0.2) is 6.10 Å². The van der Waals surface area contributed by atoms with Gasteiger partial charge in [-0.3, -0.25) is 4.79 Å². The van der Waals surface area contributed by atoms with E-state index in [1.54, 1.807) is 26.8 Å². The molecule has 1 aromatic carbocycles. The van der Waals surface area contributed by atoms with Crippen molar-refractivity contribution in [1.82, 2.24) is 4.72 Å². The van der Waals surface area contributed by atoms with Gasteiger partial charge in [-0.15, -0.1) is 0 Å². The van der Waals surface area contributed by atoms with Crippen LogP contribution in [0.1, 0.15) is 37.1 Å². The second-order valence-corrected chi connectivity index (χ2v) is 7.96. The number of rotatable bonds is 7. The predicted octanol–water partition coefficient (Wildman–Crippen LogP) is 2.46. The maximum atomic E-state index is 12.2. The van der Waals surface area contributed by atoms with Crippen molar-refractivity contribution in [2.75, 3.05) is 5.32 Å². The molecule has 0 saturated carbocycles. The second-order valence-electron chi connectivity index (χ2n) is 6.25. The lowest BCUT2D eigenvalue weighted by Gasteiger charge is -2.13. The number of carbonyl (C=O) groups excluding carboxylic acids is 2. The monoisotopic (exact) mass is 394 g/mol. The summed E-state index contributed by atoms with van der Waals surface area (Å²) in [5.41, 5.74) is 0.375. The third kappa shape index (κ3) is 5.66. The van der Waals surface area contributed by atoms with E-state index in [4.69, 9.17) is 9.15 Å². The normalized spacial score (nSPS) is 12.6. The summed E-state index contributed by atoms with van der Waals surface area (Å²) in [6, 6.07) is 8.51. The molecule has 0 aliphatic carbocycles. The van der Waals surface area contributed by atoms with E-state index in [1.165, 1.54) is 37.3 Å². The molecule has 0 fully saturated rings. The van der Waals surface area contributed by atoms with Crippen molar-refractivity contribution in [3.8, 4) is 0 Å². The Morgan fingerprint density at radius 1 is 1.04 bits per heavy atom. The highest BCUT2D eigenvalue weighted by molar-refractivity contribution is 7.89. The summed E-state index contributed by atoms with van der Waals surface area (Å²) < 4.78 is 36.8. The Balaban J connectivity index is 1.98. The summed E-state index contributed by atoms with van der Waals surface area (Å²) in [5, 5.41) is 2.56. The molecule has 1 amide bonds. The number of aryl methyl sites for hydroxylation is 1. The van der Waals surface area contributed by atoms with E-state index < -0.39 is 28.0 Å². The minimum Gasteiger partial charge on any atom is -0.454 e. The summed E-state index contributed by atoms with van der Waals surface area (Å²) in [6.45, 7) is 6.56. The van der Waals surface area contributed by atoms with Crippen molar-refractivity contribution in [2.45, 2.75) is 44.7 Å². The first-order valence-corrected chi connectivity index (χ1v) is 9.77. The van der Waals surface area contributed by atoms with Crippen molar-refractivity contribution in [1.29, 1.82) is 0 Å². The maximum Gasteiger partial charge on any atom is 0.375 e. The third-order valence-corrected chi connectivity index (χ3v) is 5.09. The Bertz CT molecular complexity index is 916.